The molecule has 1 aromatic carbocycles. The molecule has 0 atom stereocenters. The number of hydrogen-bond acceptors (Lipinski definition) is 4. The Morgan fingerprint density at radius 3 is 2.50 bits per heavy atom. The zero-order chi connectivity index (χ0) is 14.8. The van der Waals surface area contributed by atoms with Crippen molar-refractivity contribution in [1.82, 2.24) is 9.55 Å². The first kappa shape index (κ1) is 14.3. The van der Waals surface area contributed by atoms with E-state index in [1.54, 1.807) is 29.1 Å². The minimum absolute atomic E-state index is 0.142. The lowest BCUT2D eigenvalue weighted by molar-refractivity contribution is -0.137. The highest BCUT2D eigenvalue weighted by molar-refractivity contribution is 7.90. The van der Waals surface area contributed by atoms with Gasteiger partial charge in [-0.25, -0.2) is 13.4 Å². The molecule has 0 amide bonds. The van der Waals surface area contributed by atoms with Gasteiger partial charge in [-0.2, -0.15) is 0 Å². The third kappa shape index (κ3) is 3.45. The van der Waals surface area contributed by atoms with Gasteiger partial charge in [0.1, 0.15) is 12.4 Å². The van der Waals surface area contributed by atoms with E-state index in [0.717, 1.165) is 11.8 Å². The second-order valence-electron chi connectivity index (χ2n) is 4.46. The van der Waals surface area contributed by atoms with Gasteiger partial charge in [-0.3, -0.25) is 4.79 Å². The maximum atomic E-state index is 11.4. The van der Waals surface area contributed by atoms with Crippen LogP contribution in [0.25, 0.3) is 0 Å². The highest BCUT2D eigenvalue weighted by atomic mass is 32.2. The van der Waals surface area contributed by atoms with Crippen molar-refractivity contribution in [2.45, 2.75) is 17.9 Å². The van der Waals surface area contributed by atoms with Crippen LogP contribution in [0, 0.1) is 0 Å². The van der Waals surface area contributed by atoms with Crippen molar-refractivity contribution in [2.75, 3.05) is 6.26 Å². The van der Waals surface area contributed by atoms with E-state index in [1.807, 2.05) is 0 Å². The van der Waals surface area contributed by atoms with Gasteiger partial charge in [0.15, 0.2) is 9.84 Å². The normalized spacial score (nSPS) is 11.4. The first-order valence-corrected chi connectivity index (χ1v) is 7.76. The van der Waals surface area contributed by atoms with Gasteiger partial charge in [0.25, 0.3) is 0 Å². The summed E-state index contributed by atoms with van der Waals surface area (Å²) in [5.74, 6) is -0.309. The van der Waals surface area contributed by atoms with E-state index in [9.17, 15) is 13.2 Å². The van der Waals surface area contributed by atoms with Gasteiger partial charge in [0.05, 0.1) is 4.90 Å². The molecule has 0 unspecified atom stereocenters. The Morgan fingerprint density at radius 2 is 1.95 bits per heavy atom. The Kier molecular flexibility index (Phi) is 3.89. The minimum Gasteiger partial charge on any atom is -0.480 e. The van der Waals surface area contributed by atoms with Crippen molar-refractivity contribution in [2.24, 2.45) is 0 Å². The van der Waals surface area contributed by atoms with Gasteiger partial charge in [-0.15, -0.1) is 0 Å². The van der Waals surface area contributed by atoms with Gasteiger partial charge in [-0.1, -0.05) is 12.1 Å². The lowest BCUT2D eigenvalue weighted by Gasteiger charge is -2.06. The third-order valence-electron chi connectivity index (χ3n) is 2.82. The molecular formula is C13H14N2O4S. The molecule has 6 nitrogen and oxygen atoms in total. The third-order valence-corrected chi connectivity index (χ3v) is 3.95. The molecule has 2 rings (SSSR count). The fourth-order valence-electron chi connectivity index (χ4n) is 1.83. The summed E-state index contributed by atoms with van der Waals surface area (Å²) in [4.78, 5) is 15.1. The maximum Gasteiger partial charge on any atom is 0.323 e. The summed E-state index contributed by atoms with van der Waals surface area (Å²) < 4.78 is 24.3. The Hall–Kier alpha value is -2.15. The summed E-state index contributed by atoms with van der Waals surface area (Å²) in [6, 6.07) is 6.48. The summed E-state index contributed by atoms with van der Waals surface area (Å²) in [5, 5.41) is 8.79. The molecule has 1 N–H and O–H groups in total. The standard InChI is InChI=1S/C13H14N2O4S/c1-20(18,19)11-4-2-10(3-5-11)8-12-14-6-7-15(12)9-13(16)17/h2-7H,8-9H2,1H3,(H,16,17). The molecule has 1 heterocycles. The number of hydrogen-bond donors (Lipinski definition) is 1. The second-order valence-corrected chi connectivity index (χ2v) is 6.47. The van der Waals surface area contributed by atoms with E-state index in [2.05, 4.69) is 4.98 Å². The predicted octanol–water partition coefficient (Wildman–Crippen LogP) is 0.962. The van der Waals surface area contributed by atoms with Crippen LogP contribution in [0.3, 0.4) is 0 Å². The Bertz CT molecular complexity index is 717. The van der Waals surface area contributed by atoms with Crippen LogP contribution in [0.15, 0.2) is 41.6 Å². The van der Waals surface area contributed by atoms with E-state index < -0.39 is 15.8 Å². The number of benzene rings is 1. The van der Waals surface area contributed by atoms with Crippen molar-refractivity contribution in [3.8, 4) is 0 Å². The number of rotatable bonds is 5. The number of carboxylic acid groups (broad SMARTS) is 1. The Morgan fingerprint density at radius 1 is 1.30 bits per heavy atom. The fraction of sp³-hybridized carbons (Fsp3) is 0.231. The van der Waals surface area contributed by atoms with Crippen LogP contribution in [-0.2, 0) is 27.6 Å². The first-order valence-electron chi connectivity index (χ1n) is 5.87. The molecule has 20 heavy (non-hydrogen) atoms. The maximum absolute atomic E-state index is 11.4. The highest BCUT2D eigenvalue weighted by Crippen LogP contribution is 2.13. The number of carboxylic acids is 1. The summed E-state index contributed by atoms with van der Waals surface area (Å²) >= 11 is 0. The summed E-state index contributed by atoms with van der Waals surface area (Å²) in [6.07, 6.45) is 4.75. The molecule has 0 aliphatic carbocycles. The largest absolute Gasteiger partial charge is 0.480 e. The molecular weight excluding hydrogens is 280 g/mol. The van der Waals surface area contributed by atoms with E-state index in [0.29, 0.717) is 12.2 Å². The summed E-state index contributed by atoms with van der Waals surface area (Å²) in [7, 11) is -3.20. The van der Waals surface area contributed by atoms with E-state index in [-0.39, 0.29) is 11.4 Å². The van der Waals surface area contributed by atoms with Crippen molar-refractivity contribution >= 4 is 15.8 Å². The molecule has 7 heteroatoms. The molecule has 0 aliphatic heterocycles. The zero-order valence-electron chi connectivity index (χ0n) is 10.9. The Labute approximate surface area is 116 Å². The number of aliphatic carboxylic acids is 1. The number of nitrogens with zero attached hydrogens (tertiary/aromatic N) is 2. The quantitative estimate of drug-likeness (QED) is 0.887. The minimum atomic E-state index is -3.20. The molecule has 2 aromatic rings. The number of sulfone groups is 1. The van der Waals surface area contributed by atoms with Gasteiger partial charge in [0.2, 0.25) is 0 Å². The van der Waals surface area contributed by atoms with E-state index >= 15 is 0 Å². The topological polar surface area (TPSA) is 89.3 Å². The van der Waals surface area contributed by atoms with Gasteiger partial charge in [0, 0.05) is 25.1 Å². The van der Waals surface area contributed by atoms with Crippen LogP contribution in [-0.4, -0.2) is 35.3 Å². The Balaban J connectivity index is 2.19. The molecule has 0 aliphatic rings. The van der Waals surface area contributed by atoms with E-state index in [4.69, 9.17) is 5.11 Å². The van der Waals surface area contributed by atoms with Gasteiger partial charge >= 0.3 is 5.97 Å². The fourth-order valence-corrected chi connectivity index (χ4v) is 2.46. The van der Waals surface area contributed by atoms with Crippen molar-refractivity contribution in [3.63, 3.8) is 0 Å². The number of carbonyl (C=O) groups is 1. The van der Waals surface area contributed by atoms with Crippen LogP contribution in [0.2, 0.25) is 0 Å². The van der Waals surface area contributed by atoms with Gasteiger partial charge in [-0.05, 0) is 17.7 Å². The van der Waals surface area contributed by atoms with Crippen molar-refractivity contribution < 1.29 is 18.3 Å². The smallest absolute Gasteiger partial charge is 0.323 e. The highest BCUT2D eigenvalue weighted by Gasteiger charge is 2.09. The zero-order valence-corrected chi connectivity index (χ0v) is 11.7. The molecule has 106 valence electrons. The SMILES string of the molecule is CS(=O)(=O)c1ccc(Cc2nccn2CC(=O)O)cc1. The number of imidazole rings is 1. The first-order chi connectivity index (χ1) is 9.36. The molecule has 0 spiro atoms. The molecule has 0 radical (unpaired) electrons. The summed E-state index contributed by atoms with van der Waals surface area (Å²) in [5.41, 5.74) is 0.871. The number of aromatic nitrogens is 2. The van der Waals surface area contributed by atoms with Crippen LogP contribution in [0.1, 0.15) is 11.4 Å². The van der Waals surface area contributed by atoms with E-state index in [1.165, 1.54) is 12.1 Å². The monoisotopic (exact) mass is 294 g/mol. The second kappa shape index (κ2) is 5.46. The van der Waals surface area contributed by atoms with Crippen molar-refractivity contribution in [3.05, 3.63) is 48.0 Å². The van der Waals surface area contributed by atoms with Crippen molar-refractivity contribution in [1.29, 1.82) is 0 Å². The summed E-state index contributed by atoms with van der Waals surface area (Å²) in [6.45, 7) is -0.142. The molecule has 0 saturated carbocycles. The van der Waals surface area contributed by atoms with Crippen LogP contribution in [0.4, 0.5) is 0 Å². The molecule has 0 saturated heterocycles. The van der Waals surface area contributed by atoms with Crippen LogP contribution < -0.4 is 0 Å². The lowest BCUT2D eigenvalue weighted by atomic mass is 10.1. The van der Waals surface area contributed by atoms with Crippen LogP contribution >= 0.6 is 0 Å². The molecule has 0 bridgehead atoms. The van der Waals surface area contributed by atoms with Gasteiger partial charge < -0.3 is 9.67 Å². The predicted molar refractivity (Wildman–Crippen MR) is 72.2 cm³/mol. The average Bonchev–Trinajstić information content (AvgIpc) is 2.75. The van der Waals surface area contributed by atoms with Crippen LogP contribution in [0.5, 0.6) is 0 Å². The average molecular weight is 294 g/mol. The molecule has 1 aromatic heterocycles. The lowest BCUT2D eigenvalue weighted by Crippen LogP contribution is -2.11. The molecule has 0 fully saturated rings.